The van der Waals surface area contributed by atoms with Crippen LogP contribution in [0.2, 0.25) is 0 Å². The molecule has 1 saturated heterocycles. The number of rotatable bonds is 5. The van der Waals surface area contributed by atoms with Gasteiger partial charge in [0.25, 0.3) is 0 Å². The van der Waals surface area contributed by atoms with Crippen molar-refractivity contribution in [2.75, 3.05) is 45.1 Å². The maximum Gasteiger partial charge on any atom is 0.241 e. The molecule has 6 nitrogen and oxygen atoms in total. The van der Waals surface area contributed by atoms with Gasteiger partial charge in [-0.25, -0.2) is 0 Å². The lowest BCUT2D eigenvalue weighted by molar-refractivity contribution is -0.133. The molecule has 1 aliphatic rings. The molecule has 1 unspecified atom stereocenters. The van der Waals surface area contributed by atoms with Crippen molar-refractivity contribution in [3.05, 3.63) is 30.3 Å². The van der Waals surface area contributed by atoms with Gasteiger partial charge >= 0.3 is 0 Å². The van der Waals surface area contributed by atoms with Gasteiger partial charge in [-0.3, -0.25) is 14.5 Å². The van der Waals surface area contributed by atoms with Crippen LogP contribution < -0.4 is 10.6 Å². The van der Waals surface area contributed by atoms with Crippen LogP contribution in [0.25, 0.3) is 0 Å². The molecule has 0 saturated carbocycles. The van der Waals surface area contributed by atoms with Crippen LogP contribution in [0.5, 0.6) is 0 Å². The Labute approximate surface area is 131 Å². The molecule has 120 valence electrons. The molecule has 0 bridgehead atoms. The van der Waals surface area contributed by atoms with Crippen LogP contribution in [-0.2, 0) is 9.59 Å². The number of hydrogen-bond donors (Lipinski definition) is 2. The van der Waals surface area contributed by atoms with Crippen LogP contribution in [0, 0.1) is 0 Å². The van der Waals surface area contributed by atoms with Gasteiger partial charge in [0, 0.05) is 31.9 Å². The first kappa shape index (κ1) is 16.5. The summed E-state index contributed by atoms with van der Waals surface area (Å²) in [4.78, 5) is 28.1. The van der Waals surface area contributed by atoms with Crippen molar-refractivity contribution in [3.8, 4) is 0 Å². The number of benzene rings is 1. The van der Waals surface area contributed by atoms with E-state index in [4.69, 9.17) is 0 Å². The van der Waals surface area contributed by atoms with Gasteiger partial charge < -0.3 is 15.5 Å². The summed E-state index contributed by atoms with van der Waals surface area (Å²) in [5.41, 5.74) is 0.765. The van der Waals surface area contributed by atoms with Crippen LogP contribution in [0.1, 0.15) is 6.92 Å². The van der Waals surface area contributed by atoms with Gasteiger partial charge in [-0.15, -0.1) is 0 Å². The lowest BCUT2D eigenvalue weighted by Crippen LogP contribution is -2.51. The maximum atomic E-state index is 12.2. The Morgan fingerprint density at radius 1 is 1.27 bits per heavy atom. The van der Waals surface area contributed by atoms with Gasteiger partial charge in [-0.1, -0.05) is 18.2 Å². The molecule has 0 aliphatic carbocycles. The molecule has 2 rings (SSSR count). The van der Waals surface area contributed by atoms with E-state index in [-0.39, 0.29) is 24.4 Å². The Morgan fingerprint density at radius 2 is 1.91 bits per heavy atom. The quantitative estimate of drug-likeness (QED) is 0.825. The fourth-order valence-electron chi connectivity index (χ4n) is 2.33. The average molecular weight is 304 g/mol. The zero-order valence-corrected chi connectivity index (χ0v) is 13.2. The minimum absolute atomic E-state index is 0.0726. The number of carbonyl (C=O) groups excluding carboxylic acids is 2. The zero-order valence-electron chi connectivity index (χ0n) is 13.2. The van der Waals surface area contributed by atoms with Gasteiger partial charge in [0.2, 0.25) is 11.8 Å². The molecular weight excluding hydrogens is 280 g/mol. The number of likely N-dealkylation sites (N-methyl/N-ethyl adjacent to an activating group) is 1. The third kappa shape index (κ3) is 4.54. The first-order chi connectivity index (χ1) is 10.6. The number of carbonyl (C=O) groups is 2. The predicted octanol–water partition coefficient (Wildman–Crippen LogP) is 0.377. The normalized spacial score (nSPS) is 16.4. The standard InChI is InChI=1S/C16H24N4O2/c1-13(16(22)18-14-6-4-3-5-7-14)19(2)12-15(21)20-10-8-17-9-11-20/h3-7,13,17H,8-12H2,1-2H3,(H,18,22). The van der Waals surface area contributed by atoms with Crippen LogP contribution in [-0.4, -0.2) is 67.4 Å². The van der Waals surface area contributed by atoms with E-state index in [0.717, 1.165) is 31.9 Å². The van der Waals surface area contributed by atoms with Crippen molar-refractivity contribution in [3.63, 3.8) is 0 Å². The number of nitrogens with one attached hydrogen (secondary N) is 2. The van der Waals surface area contributed by atoms with Crippen molar-refractivity contribution in [2.24, 2.45) is 0 Å². The van der Waals surface area contributed by atoms with Gasteiger partial charge in [0.1, 0.15) is 0 Å². The monoisotopic (exact) mass is 304 g/mol. The van der Waals surface area contributed by atoms with Crippen molar-refractivity contribution in [1.82, 2.24) is 15.1 Å². The molecule has 1 fully saturated rings. The van der Waals surface area contributed by atoms with E-state index in [1.54, 1.807) is 11.9 Å². The van der Waals surface area contributed by atoms with Crippen LogP contribution in [0.4, 0.5) is 5.69 Å². The minimum atomic E-state index is -0.368. The molecule has 2 N–H and O–H groups in total. The van der Waals surface area contributed by atoms with Crippen LogP contribution in [0.15, 0.2) is 30.3 Å². The molecule has 1 heterocycles. The summed E-state index contributed by atoms with van der Waals surface area (Å²) >= 11 is 0. The zero-order chi connectivity index (χ0) is 15.9. The molecule has 1 aromatic rings. The second kappa shape index (κ2) is 7.91. The molecule has 1 aromatic carbocycles. The van der Waals surface area contributed by atoms with Crippen molar-refractivity contribution < 1.29 is 9.59 Å². The fourth-order valence-corrected chi connectivity index (χ4v) is 2.33. The molecule has 0 aromatic heterocycles. The van der Waals surface area contributed by atoms with E-state index in [1.165, 1.54) is 0 Å². The van der Waals surface area contributed by atoms with E-state index >= 15 is 0 Å². The predicted molar refractivity (Wildman–Crippen MR) is 86.6 cm³/mol. The summed E-state index contributed by atoms with van der Waals surface area (Å²) in [7, 11) is 1.80. The van der Waals surface area contributed by atoms with E-state index in [9.17, 15) is 9.59 Å². The topological polar surface area (TPSA) is 64.7 Å². The average Bonchev–Trinajstić information content (AvgIpc) is 2.55. The SMILES string of the molecule is CC(C(=O)Nc1ccccc1)N(C)CC(=O)N1CCNCC1. The Hall–Kier alpha value is -1.92. The number of anilines is 1. The fraction of sp³-hybridized carbons (Fsp3) is 0.500. The van der Waals surface area contributed by atoms with Crippen LogP contribution in [0.3, 0.4) is 0 Å². The highest BCUT2D eigenvalue weighted by Gasteiger charge is 2.23. The van der Waals surface area contributed by atoms with Gasteiger partial charge in [-0.2, -0.15) is 0 Å². The number of nitrogens with zero attached hydrogens (tertiary/aromatic N) is 2. The first-order valence-electron chi connectivity index (χ1n) is 7.62. The molecule has 22 heavy (non-hydrogen) atoms. The molecule has 1 aliphatic heterocycles. The molecule has 0 radical (unpaired) electrons. The summed E-state index contributed by atoms with van der Waals surface area (Å²) < 4.78 is 0. The number of hydrogen-bond acceptors (Lipinski definition) is 4. The third-order valence-corrected chi connectivity index (χ3v) is 3.94. The highest BCUT2D eigenvalue weighted by Crippen LogP contribution is 2.07. The van der Waals surface area contributed by atoms with Gasteiger partial charge in [0.05, 0.1) is 12.6 Å². The summed E-state index contributed by atoms with van der Waals surface area (Å²) in [5.74, 6) is -0.0369. The lowest BCUT2D eigenvalue weighted by atomic mass is 10.2. The Kier molecular flexibility index (Phi) is 5.91. The molecule has 0 spiro atoms. The van der Waals surface area contributed by atoms with E-state index in [0.29, 0.717) is 0 Å². The van der Waals surface area contributed by atoms with Gasteiger partial charge in [-0.05, 0) is 26.1 Å². The summed E-state index contributed by atoms with van der Waals surface area (Å²) in [6.45, 7) is 5.19. The van der Waals surface area contributed by atoms with Crippen molar-refractivity contribution in [2.45, 2.75) is 13.0 Å². The molecule has 2 amide bonds. The lowest BCUT2D eigenvalue weighted by Gasteiger charge is -2.30. The summed E-state index contributed by atoms with van der Waals surface area (Å²) in [6.07, 6.45) is 0. The largest absolute Gasteiger partial charge is 0.339 e. The second-order valence-electron chi connectivity index (χ2n) is 5.58. The Balaban J connectivity index is 1.84. The molecular formula is C16H24N4O2. The third-order valence-electron chi connectivity index (χ3n) is 3.94. The molecule has 1 atom stereocenters. The Morgan fingerprint density at radius 3 is 2.55 bits per heavy atom. The van der Waals surface area contributed by atoms with Crippen LogP contribution >= 0.6 is 0 Å². The smallest absolute Gasteiger partial charge is 0.241 e. The number of piperazine rings is 1. The first-order valence-corrected chi connectivity index (χ1v) is 7.62. The number of amides is 2. The molecule has 6 heteroatoms. The minimum Gasteiger partial charge on any atom is -0.339 e. The van der Waals surface area contributed by atoms with Crippen molar-refractivity contribution in [1.29, 1.82) is 0 Å². The maximum absolute atomic E-state index is 12.2. The van der Waals surface area contributed by atoms with Crippen molar-refractivity contribution >= 4 is 17.5 Å². The van der Waals surface area contributed by atoms with E-state index in [2.05, 4.69) is 10.6 Å². The highest BCUT2D eigenvalue weighted by molar-refractivity contribution is 5.94. The number of para-hydroxylation sites is 1. The summed E-state index contributed by atoms with van der Waals surface area (Å²) in [5, 5.41) is 6.08. The van der Waals surface area contributed by atoms with Gasteiger partial charge in [0.15, 0.2) is 0 Å². The highest BCUT2D eigenvalue weighted by atomic mass is 16.2. The van der Waals surface area contributed by atoms with E-state index in [1.807, 2.05) is 42.2 Å². The summed E-state index contributed by atoms with van der Waals surface area (Å²) in [6, 6.07) is 8.97. The van der Waals surface area contributed by atoms with E-state index < -0.39 is 0 Å². The Bertz CT molecular complexity index is 500. The second-order valence-corrected chi connectivity index (χ2v) is 5.58.